The van der Waals surface area contributed by atoms with Crippen LogP contribution in [-0.2, 0) is 19.1 Å². The lowest BCUT2D eigenvalue weighted by Crippen LogP contribution is -2.65. The monoisotopic (exact) mass is 480 g/mol. The molecule has 35 heavy (non-hydrogen) atoms. The SMILES string of the molecule is COC(=O)[C@]12CCC(C)(C)CC1C1C(=O)C=C3[C@@]4(C)C=C(C)C(=O)[C@@H](C)[C@@H]4CC[C@@]3(C)[C@]1(C)CC2. The highest BCUT2D eigenvalue weighted by molar-refractivity contribution is 5.99. The second kappa shape index (κ2) is 7.42. The number of carbonyl (C=O) groups is 3. The molecular weight excluding hydrogens is 436 g/mol. The van der Waals surface area contributed by atoms with Gasteiger partial charge in [-0.05, 0) is 91.6 Å². The molecule has 192 valence electrons. The van der Waals surface area contributed by atoms with Crippen molar-refractivity contribution in [3.05, 3.63) is 23.3 Å². The third-order valence-corrected chi connectivity index (χ3v) is 12.2. The number of fused-ring (bicyclic) bond motifs is 7. The molecule has 0 spiro atoms. The number of Topliss-reactive ketones (excluding diaryl/α,β-unsaturated/α-hetero) is 1. The number of hydrogen-bond acceptors (Lipinski definition) is 4. The Labute approximate surface area is 211 Å². The summed E-state index contributed by atoms with van der Waals surface area (Å²) >= 11 is 0. The number of hydrogen-bond donors (Lipinski definition) is 0. The minimum Gasteiger partial charge on any atom is -0.469 e. The van der Waals surface area contributed by atoms with E-state index in [1.165, 1.54) is 12.7 Å². The quantitative estimate of drug-likeness (QED) is 0.403. The van der Waals surface area contributed by atoms with Crippen LogP contribution in [-0.4, -0.2) is 24.6 Å². The van der Waals surface area contributed by atoms with Crippen LogP contribution >= 0.6 is 0 Å². The Hall–Kier alpha value is -1.71. The predicted octanol–water partition coefficient (Wildman–Crippen LogP) is 6.49. The normalized spacial score (nSPS) is 48.5. The van der Waals surface area contributed by atoms with Crippen molar-refractivity contribution in [2.24, 2.45) is 50.7 Å². The van der Waals surface area contributed by atoms with Crippen LogP contribution in [0.4, 0.5) is 0 Å². The topological polar surface area (TPSA) is 60.4 Å². The number of esters is 1. The van der Waals surface area contributed by atoms with Crippen molar-refractivity contribution in [2.45, 2.75) is 93.4 Å². The van der Waals surface area contributed by atoms with E-state index < -0.39 is 5.41 Å². The van der Waals surface area contributed by atoms with Gasteiger partial charge in [-0.1, -0.05) is 53.2 Å². The Morgan fingerprint density at radius 3 is 2.29 bits per heavy atom. The molecule has 4 nitrogen and oxygen atoms in total. The molecule has 8 atom stereocenters. The van der Waals surface area contributed by atoms with Gasteiger partial charge in [0.15, 0.2) is 11.6 Å². The Morgan fingerprint density at radius 1 is 0.971 bits per heavy atom. The van der Waals surface area contributed by atoms with Crippen LogP contribution in [0, 0.1) is 50.7 Å². The number of methoxy groups -OCH3 is 1. The second-order valence-corrected chi connectivity index (χ2v) is 14.2. The van der Waals surface area contributed by atoms with E-state index in [1.54, 1.807) is 0 Å². The molecule has 0 aromatic carbocycles. The van der Waals surface area contributed by atoms with Gasteiger partial charge < -0.3 is 4.74 Å². The van der Waals surface area contributed by atoms with E-state index in [-0.39, 0.29) is 62.9 Å². The molecule has 0 saturated heterocycles. The summed E-state index contributed by atoms with van der Waals surface area (Å²) in [6, 6.07) is 0. The van der Waals surface area contributed by atoms with Gasteiger partial charge in [-0.3, -0.25) is 14.4 Å². The molecular formula is C31H44O4. The molecule has 3 saturated carbocycles. The first-order chi connectivity index (χ1) is 16.2. The van der Waals surface area contributed by atoms with E-state index in [0.717, 1.165) is 50.5 Å². The van der Waals surface area contributed by atoms with Crippen molar-refractivity contribution in [1.82, 2.24) is 0 Å². The van der Waals surface area contributed by atoms with Crippen molar-refractivity contribution < 1.29 is 19.1 Å². The second-order valence-electron chi connectivity index (χ2n) is 14.2. The van der Waals surface area contributed by atoms with E-state index in [0.29, 0.717) is 0 Å². The van der Waals surface area contributed by atoms with E-state index in [4.69, 9.17) is 4.74 Å². The molecule has 2 unspecified atom stereocenters. The number of carbonyl (C=O) groups excluding carboxylic acids is 3. The zero-order chi connectivity index (χ0) is 25.8. The van der Waals surface area contributed by atoms with Gasteiger partial charge >= 0.3 is 5.97 Å². The Bertz CT molecular complexity index is 1060. The first-order valence-electron chi connectivity index (χ1n) is 13.8. The standard InChI is InChI=1S/C31H44O4/c1-18-16-28(5)20(19(2)25(18)33)9-10-29(6)23(28)15-22(32)24-21-17-27(3,4)11-13-31(21,26(34)35-8)14-12-30(24,29)7/h15-16,19-21,24H,9-14,17H2,1-8H3/t19-,20-,21?,24?,28-,29+,30+,31-/m0/s1. The first-order valence-corrected chi connectivity index (χ1v) is 13.8. The molecule has 0 N–H and O–H groups in total. The Balaban J connectivity index is 1.68. The number of rotatable bonds is 1. The van der Waals surface area contributed by atoms with Gasteiger partial charge in [0.05, 0.1) is 12.5 Å². The summed E-state index contributed by atoms with van der Waals surface area (Å²) in [6.07, 6.45) is 10.5. The van der Waals surface area contributed by atoms with Crippen LogP contribution < -0.4 is 0 Å². The maximum atomic E-state index is 14.3. The van der Waals surface area contributed by atoms with E-state index in [2.05, 4.69) is 47.6 Å². The summed E-state index contributed by atoms with van der Waals surface area (Å²) in [7, 11) is 1.51. The molecule has 0 heterocycles. The average molecular weight is 481 g/mol. The molecule has 0 bridgehead atoms. The largest absolute Gasteiger partial charge is 0.469 e. The zero-order valence-corrected chi connectivity index (χ0v) is 23.0. The maximum absolute atomic E-state index is 14.3. The molecule has 0 amide bonds. The molecule has 0 aliphatic heterocycles. The highest BCUT2D eigenvalue weighted by atomic mass is 16.5. The van der Waals surface area contributed by atoms with Crippen LogP contribution in [0.2, 0.25) is 0 Å². The van der Waals surface area contributed by atoms with E-state index in [1.807, 2.05) is 13.0 Å². The van der Waals surface area contributed by atoms with Crippen molar-refractivity contribution in [3.8, 4) is 0 Å². The van der Waals surface area contributed by atoms with Crippen molar-refractivity contribution in [2.75, 3.05) is 7.11 Å². The highest BCUT2D eigenvalue weighted by Crippen LogP contribution is 2.73. The molecule has 5 rings (SSSR count). The van der Waals surface area contributed by atoms with Crippen LogP contribution in [0.25, 0.3) is 0 Å². The fraction of sp³-hybridized carbons (Fsp3) is 0.774. The van der Waals surface area contributed by atoms with Crippen LogP contribution in [0.5, 0.6) is 0 Å². The van der Waals surface area contributed by atoms with Gasteiger partial charge in [0, 0.05) is 17.3 Å². The highest BCUT2D eigenvalue weighted by Gasteiger charge is 2.70. The molecule has 5 aliphatic rings. The molecule has 0 aromatic rings. The summed E-state index contributed by atoms with van der Waals surface area (Å²) in [5.41, 5.74) is 0.995. The zero-order valence-electron chi connectivity index (χ0n) is 23.0. The van der Waals surface area contributed by atoms with Gasteiger partial charge in [-0.25, -0.2) is 0 Å². The molecule has 4 heteroatoms. The van der Waals surface area contributed by atoms with E-state index >= 15 is 0 Å². The van der Waals surface area contributed by atoms with Crippen molar-refractivity contribution in [1.29, 1.82) is 0 Å². The van der Waals surface area contributed by atoms with Crippen molar-refractivity contribution in [3.63, 3.8) is 0 Å². The van der Waals surface area contributed by atoms with Gasteiger partial charge in [0.1, 0.15) is 0 Å². The Morgan fingerprint density at radius 2 is 1.63 bits per heavy atom. The fourth-order valence-electron chi connectivity index (χ4n) is 9.99. The molecule has 5 aliphatic carbocycles. The summed E-state index contributed by atoms with van der Waals surface area (Å²) in [6.45, 7) is 15.6. The summed E-state index contributed by atoms with van der Waals surface area (Å²) in [4.78, 5) is 40.5. The van der Waals surface area contributed by atoms with Gasteiger partial charge in [-0.2, -0.15) is 0 Å². The fourth-order valence-corrected chi connectivity index (χ4v) is 9.99. The van der Waals surface area contributed by atoms with Crippen LogP contribution in [0.15, 0.2) is 23.3 Å². The summed E-state index contributed by atoms with van der Waals surface area (Å²) < 4.78 is 5.41. The average Bonchev–Trinajstić information content (AvgIpc) is 2.78. The predicted molar refractivity (Wildman–Crippen MR) is 136 cm³/mol. The maximum Gasteiger partial charge on any atom is 0.312 e. The number of allylic oxidation sites excluding steroid dienone is 4. The number of ketones is 2. The molecule has 0 aromatic heterocycles. The summed E-state index contributed by atoms with van der Waals surface area (Å²) in [5, 5.41) is 0. The van der Waals surface area contributed by atoms with Crippen molar-refractivity contribution >= 4 is 17.5 Å². The first kappa shape index (κ1) is 25.0. The van der Waals surface area contributed by atoms with Gasteiger partial charge in [0.25, 0.3) is 0 Å². The lowest BCUT2D eigenvalue weighted by atomic mass is 9.35. The minimum atomic E-state index is -0.546. The minimum absolute atomic E-state index is 0.00856. The summed E-state index contributed by atoms with van der Waals surface area (Å²) in [5.74, 6) is 0.402. The smallest absolute Gasteiger partial charge is 0.312 e. The lowest BCUT2D eigenvalue weighted by molar-refractivity contribution is -0.190. The third kappa shape index (κ3) is 3.01. The van der Waals surface area contributed by atoms with Crippen LogP contribution in [0.3, 0.4) is 0 Å². The van der Waals surface area contributed by atoms with E-state index in [9.17, 15) is 14.4 Å². The molecule has 3 fully saturated rings. The van der Waals surface area contributed by atoms with Crippen LogP contribution in [0.1, 0.15) is 93.4 Å². The van der Waals surface area contributed by atoms with Gasteiger partial charge in [-0.15, -0.1) is 0 Å². The number of ether oxygens (including phenoxy) is 1. The third-order valence-electron chi connectivity index (χ3n) is 12.2. The Kier molecular flexibility index (Phi) is 5.29. The lowest BCUT2D eigenvalue weighted by Gasteiger charge is -2.68. The van der Waals surface area contributed by atoms with Gasteiger partial charge in [0.2, 0.25) is 0 Å². The molecule has 0 radical (unpaired) electrons.